The molecule has 0 radical (unpaired) electrons. The zero-order valence-electron chi connectivity index (χ0n) is 10.2. The van der Waals surface area contributed by atoms with Crippen molar-refractivity contribution in [3.8, 4) is 0 Å². The van der Waals surface area contributed by atoms with Crippen LogP contribution in [-0.2, 0) is 4.74 Å². The van der Waals surface area contributed by atoms with E-state index >= 15 is 0 Å². The lowest BCUT2D eigenvalue weighted by molar-refractivity contribution is 0.0411. The van der Waals surface area contributed by atoms with Crippen molar-refractivity contribution in [1.29, 1.82) is 0 Å². The molecular formula is C12H25NO3. The molecule has 0 aromatic rings. The van der Waals surface area contributed by atoms with Gasteiger partial charge in [-0.15, -0.1) is 0 Å². The topological polar surface area (TPSA) is 61.7 Å². The maximum atomic E-state index is 9.52. The lowest BCUT2D eigenvalue weighted by atomic mass is 9.87. The van der Waals surface area contributed by atoms with Gasteiger partial charge in [0.1, 0.15) is 0 Å². The van der Waals surface area contributed by atoms with Gasteiger partial charge < -0.3 is 20.3 Å². The van der Waals surface area contributed by atoms with Gasteiger partial charge in [-0.1, -0.05) is 6.42 Å². The molecular weight excluding hydrogens is 206 g/mol. The number of aliphatic hydroxyl groups excluding tert-OH is 2. The van der Waals surface area contributed by atoms with Crippen LogP contribution in [0.5, 0.6) is 0 Å². The van der Waals surface area contributed by atoms with E-state index in [-0.39, 0.29) is 6.10 Å². The van der Waals surface area contributed by atoms with Gasteiger partial charge in [0.05, 0.1) is 18.8 Å². The fourth-order valence-electron chi connectivity index (χ4n) is 2.21. The zero-order chi connectivity index (χ0) is 11.8. The minimum Gasteiger partial charge on any atom is -0.393 e. The fraction of sp³-hybridized carbons (Fsp3) is 1.00. The number of rotatable bonds is 7. The molecule has 16 heavy (non-hydrogen) atoms. The van der Waals surface area contributed by atoms with Gasteiger partial charge in [0, 0.05) is 13.2 Å². The Balaban J connectivity index is 2.01. The van der Waals surface area contributed by atoms with Crippen LogP contribution in [0.3, 0.4) is 0 Å². The summed E-state index contributed by atoms with van der Waals surface area (Å²) in [5.74, 6) is 0.558. The molecule has 0 aromatic heterocycles. The summed E-state index contributed by atoms with van der Waals surface area (Å²) in [4.78, 5) is 0. The van der Waals surface area contributed by atoms with E-state index in [2.05, 4.69) is 5.32 Å². The quantitative estimate of drug-likeness (QED) is 0.598. The Morgan fingerprint density at radius 3 is 2.94 bits per heavy atom. The normalized spacial score (nSPS) is 27.9. The Hall–Kier alpha value is -0.160. The molecule has 0 aromatic carbocycles. The fourth-order valence-corrected chi connectivity index (χ4v) is 2.21. The number of hydrogen-bond donors (Lipinski definition) is 3. The van der Waals surface area contributed by atoms with E-state index in [1.54, 1.807) is 0 Å². The summed E-state index contributed by atoms with van der Waals surface area (Å²) >= 11 is 0. The molecule has 0 aliphatic heterocycles. The van der Waals surface area contributed by atoms with Gasteiger partial charge in [-0.3, -0.25) is 0 Å². The van der Waals surface area contributed by atoms with Crippen LogP contribution in [0.2, 0.25) is 0 Å². The number of aliphatic hydroxyl groups is 2. The van der Waals surface area contributed by atoms with Gasteiger partial charge in [-0.2, -0.15) is 0 Å². The first-order chi connectivity index (χ1) is 7.72. The molecule has 0 saturated heterocycles. The maximum absolute atomic E-state index is 9.52. The van der Waals surface area contributed by atoms with Crippen molar-refractivity contribution in [2.24, 2.45) is 5.92 Å². The highest BCUT2D eigenvalue weighted by atomic mass is 16.5. The minimum absolute atomic E-state index is 0.117. The van der Waals surface area contributed by atoms with Crippen molar-refractivity contribution >= 4 is 0 Å². The molecule has 4 nitrogen and oxygen atoms in total. The molecule has 1 aliphatic carbocycles. The predicted octanol–water partition coefficient (Wildman–Crippen LogP) is 0.524. The molecule has 0 bridgehead atoms. The number of ether oxygens (including phenoxy) is 1. The third-order valence-corrected chi connectivity index (χ3v) is 3.08. The summed E-state index contributed by atoms with van der Waals surface area (Å²) in [6, 6.07) is 0. The smallest absolute Gasteiger partial charge is 0.0897 e. The zero-order valence-corrected chi connectivity index (χ0v) is 10.2. The monoisotopic (exact) mass is 231 g/mol. The molecule has 3 atom stereocenters. The average molecular weight is 231 g/mol. The number of nitrogens with one attached hydrogen (secondary N) is 1. The van der Waals surface area contributed by atoms with Crippen molar-refractivity contribution < 1.29 is 14.9 Å². The molecule has 4 heteroatoms. The van der Waals surface area contributed by atoms with Gasteiger partial charge in [0.25, 0.3) is 0 Å². The lowest BCUT2D eigenvalue weighted by Gasteiger charge is -2.26. The second kappa shape index (κ2) is 8.01. The Morgan fingerprint density at radius 2 is 2.25 bits per heavy atom. The standard InChI is InChI=1S/C12H25NO3/c1-2-16-9-12(15)8-13-7-10-4-3-5-11(14)6-10/h10-15H,2-9H2,1H3. The second-order valence-corrected chi connectivity index (χ2v) is 4.66. The Morgan fingerprint density at radius 1 is 1.44 bits per heavy atom. The van der Waals surface area contributed by atoms with E-state index in [4.69, 9.17) is 4.74 Å². The van der Waals surface area contributed by atoms with Gasteiger partial charge in [0.15, 0.2) is 0 Å². The van der Waals surface area contributed by atoms with Crippen LogP contribution in [-0.4, -0.2) is 48.7 Å². The van der Waals surface area contributed by atoms with Gasteiger partial charge in [-0.25, -0.2) is 0 Å². The first-order valence-corrected chi connectivity index (χ1v) is 6.37. The molecule has 1 rings (SSSR count). The molecule has 0 spiro atoms. The molecule has 0 amide bonds. The van der Waals surface area contributed by atoms with Gasteiger partial charge in [-0.05, 0) is 38.6 Å². The summed E-state index contributed by atoms with van der Waals surface area (Å²) in [6.45, 7) is 4.43. The van der Waals surface area contributed by atoms with Crippen LogP contribution in [0.1, 0.15) is 32.6 Å². The molecule has 0 heterocycles. The maximum Gasteiger partial charge on any atom is 0.0897 e. The highest BCUT2D eigenvalue weighted by Crippen LogP contribution is 2.23. The first kappa shape index (κ1) is 13.9. The van der Waals surface area contributed by atoms with Crippen molar-refractivity contribution in [2.45, 2.75) is 44.8 Å². The van der Waals surface area contributed by atoms with E-state index in [0.717, 1.165) is 25.8 Å². The third-order valence-electron chi connectivity index (χ3n) is 3.08. The SMILES string of the molecule is CCOCC(O)CNCC1CCCC(O)C1. The van der Waals surface area contributed by atoms with Crippen LogP contribution in [0.15, 0.2) is 0 Å². The molecule has 1 aliphatic rings. The molecule has 1 saturated carbocycles. The minimum atomic E-state index is -0.423. The van der Waals surface area contributed by atoms with Crippen LogP contribution >= 0.6 is 0 Å². The van der Waals surface area contributed by atoms with Crippen LogP contribution in [0, 0.1) is 5.92 Å². The summed E-state index contributed by atoms with van der Waals surface area (Å²) in [6.07, 6.45) is 3.61. The van der Waals surface area contributed by atoms with Crippen LogP contribution in [0.25, 0.3) is 0 Å². The number of hydrogen-bond acceptors (Lipinski definition) is 4. The summed E-state index contributed by atoms with van der Waals surface area (Å²) in [5.41, 5.74) is 0. The van der Waals surface area contributed by atoms with E-state index in [1.165, 1.54) is 6.42 Å². The summed E-state index contributed by atoms with van der Waals surface area (Å²) < 4.78 is 5.12. The van der Waals surface area contributed by atoms with E-state index in [0.29, 0.717) is 25.7 Å². The van der Waals surface area contributed by atoms with Gasteiger partial charge >= 0.3 is 0 Å². The Labute approximate surface area is 98.0 Å². The van der Waals surface area contributed by atoms with E-state index in [9.17, 15) is 10.2 Å². The van der Waals surface area contributed by atoms with Crippen LogP contribution < -0.4 is 5.32 Å². The average Bonchev–Trinajstić information content (AvgIpc) is 2.26. The van der Waals surface area contributed by atoms with Crippen LogP contribution in [0.4, 0.5) is 0 Å². The first-order valence-electron chi connectivity index (χ1n) is 6.37. The van der Waals surface area contributed by atoms with E-state index in [1.807, 2.05) is 6.92 Å². The van der Waals surface area contributed by atoms with E-state index < -0.39 is 6.10 Å². The summed E-state index contributed by atoms with van der Waals surface area (Å²) in [7, 11) is 0. The molecule has 3 unspecified atom stereocenters. The molecule has 1 fully saturated rings. The van der Waals surface area contributed by atoms with Crippen molar-refractivity contribution in [3.05, 3.63) is 0 Å². The van der Waals surface area contributed by atoms with Crippen molar-refractivity contribution in [1.82, 2.24) is 5.32 Å². The molecule has 96 valence electrons. The van der Waals surface area contributed by atoms with Crippen molar-refractivity contribution in [3.63, 3.8) is 0 Å². The molecule has 3 N–H and O–H groups in total. The lowest BCUT2D eigenvalue weighted by Crippen LogP contribution is -2.35. The van der Waals surface area contributed by atoms with Crippen molar-refractivity contribution in [2.75, 3.05) is 26.3 Å². The Kier molecular flexibility index (Phi) is 6.96. The van der Waals surface area contributed by atoms with Gasteiger partial charge in [0.2, 0.25) is 0 Å². The predicted molar refractivity (Wildman–Crippen MR) is 63.3 cm³/mol. The Bertz CT molecular complexity index is 178. The summed E-state index contributed by atoms with van der Waals surface area (Å²) in [5, 5.41) is 22.3. The largest absolute Gasteiger partial charge is 0.393 e. The highest BCUT2D eigenvalue weighted by Gasteiger charge is 2.19. The second-order valence-electron chi connectivity index (χ2n) is 4.66. The highest BCUT2D eigenvalue weighted by molar-refractivity contribution is 4.74. The third kappa shape index (κ3) is 5.80.